The minimum absolute atomic E-state index is 0.311. The second-order valence-corrected chi connectivity index (χ2v) is 5.94. The van der Waals surface area contributed by atoms with Crippen LogP contribution in [0.4, 0.5) is 0 Å². The van der Waals surface area contributed by atoms with E-state index in [1.165, 1.54) is 6.08 Å². The van der Waals surface area contributed by atoms with Crippen LogP contribution in [0.1, 0.15) is 25.0 Å². The molecule has 0 aliphatic carbocycles. The van der Waals surface area contributed by atoms with Gasteiger partial charge in [0.2, 0.25) is 0 Å². The van der Waals surface area contributed by atoms with Gasteiger partial charge in [-0.15, -0.1) is 0 Å². The monoisotopic (exact) mass is 367 g/mol. The molecule has 2 rings (SSSR count). The molecule has 0 fully saturated rings. The van der Waals surface area contributed by atoms with E-state index >= 15 is 0 Å². The van der Waals surface area contributed by atoms with Gasteiger partial charge in [-0.3, -0.25) is 4.79 Å². The Balaban J connectivity index is 1.74. The van der Waals surface area contributed by atoms with Crippen LogP contribution in [0.3, 0.4) is 0 Å². The van der Waals surface area contributed by atoms with Crippen LogP contribution in [0.25, 0.3) is 6.08 Å². The molecule has 0 unspecified atom stereocenters. The Morgan fingerprint density at radius 2 is 1.78 bits per heavy atom. The minimum atomic E-state index is -0.849. The highest BCUT2D eigenvalue weighted by Crippen LogP contribution is 2.13. The topological polar surface area (TPSA) is 64.6 Å². The van der Waals surface area contributed by atoms with Crippen molar-refractivity contribution in [1.82, 2.24) is 5.32 Å². The second-order valence-electron chi connectivity index (χ2n) is 5.94. The Bertz CT molecular complexity index is 754. The van der Waals surface area contributed by atoms with Crippen molar-refractivity contribution >= 4 is 18.0 Å². The standard InChI is InChI=1S/C22H25NO4/c1-3-26-20-12-9-19(10-13-20)11-14-21(24)27-17(2)22(25)23-16-15-18-7-5-4-6-8-18/h4-14,17H,3,15-16H2,1-2H3,(H,23,25)/b14-11+/t17-/m0/s1. The summed E-state index contributed by atoms with van der Waals surface area (Å²) in [7, 11) is 0. The van der Waals surface area contributed by atoms with Gasteiger partial charge in [0.15, 0.2) is 6.10 Å². The zero-order valence-electron chi connectivity index (χ0n) is 15.7. The van der Waals surface area contributed by atoms with Gasteiger partial charge in [-0.25, -0.2) is 4.79 Å². The van der Waals surface area contributed by atoms with E-state index in [1.807, 2.05) is 61.5 Å². The van der Waals surface area contributed by atoms with Crippen LogP contribution in [0.5, 0.6) is 5.75 Å². The number of benzene rings is 2. The minimum Gasteiger partial charge on any atom is -0.494 e. The van der Waals surface area contributed by atoms with Crippen molar-refractivity contribution in [2.24, 2.45) is 0 Å². The van der Waals surface area contributed by atoms with E-state index in [0.717, 1.165) is 23.3 Å². The van der Waals surface area contributed by atoms with E-state index in [9.17, 15) is 9.59 Å². The molecule has 0 spiro atoms. The fourth-order valence-corrected chi connectivity index (χ4v) is 2.39. The first-order chi connectivity index (χ1) is 13.1. The van der Waals surface area contributed by atoms with E-state index in [4.69, 9.17) is 9.47 Å². The molecule has 5 nitrogen and oxygen atoms in total. The lowest BCUT2D eigenvalue weighted by Crippen LogP contribution is -2.36. The van der Waals surface area contributed by atoms with Gasteiger partial charge in [0.1, 0.15) is 5.75 Å². The second kappa shape index (κ2) is 10.8. The summed E-state index contributed by atoms with van der Waals surface area (Å²) in [6.45, 7) is 4.57. The summed E-state index contributed by atoms with van der Waals surface area (Å²) in [6, 6.07) is 17.2. The van der Waals surface area contributed by atoms with Crippen LogP contribution in [0, 0.1) is 0 Å². The number of carbonyl (C=O) groups excluding carboxylic acids is 2. The fraction of sp³-hybridized carbons (Fsp3) is 0.273. The Kier molecular flexibility index (Phi) is 8.10. The summed E-state index contributed by atoms with van der Waals surface area (Å²) in [5.74, 6) is -0.0960. The molecule has 0 heterocycles. The lowest BCUT2D eigenvalue weighted by atomic mass is 10.1. The molecule has 0 bridgehead atoms. The SMILES string of the molecule is CCOc1ccc(/C=C/C(=O)O[C@@H](C)C(=O)NCCc2ccccc2)cc1. The number of esters is 1. The molecular weight excluding hydrogens is 342 g/mol. The normalized spacial score (nSPS) is 11.8. The Hall–Kier alpha value is -3.08. The predicted octanol–water partition coefficient (Wildman–Crippen LogP) is 3.39. The van der Waals surface area contributed by atoms with E-state index < -0.39 is 12.1 Å². The first kappa shape index (κ1) is 20.2. The number of hydrogen-bond acceptors (Lipinski definition) is 4. The van der Waals surface area contributed by atoms with Gasteiger partial charge in [0.25, 0.3) is 5.91 Å². The van der Waals surface area contributed by atoms with Crippen LogP contribution in [-0.4, -0.2) is 31.1 Å². The van der Waals surface area contributed by atoms with Crippen molar-refractivity contribution in [2.75, 3.05) is 13.2 Å². The quantitative estimate of drug-likeness (QED) is 0.545. The number of ether oxygens (including phenoxy) is 2. The molecule has 0 aliphatic heterocycles. The van der Waals surface area contributed by atoms with Gasteiger partial charge in [-0.1, -0.05) is 42.5 Å². The van der Waals surface area contributed by atoms with E-state index in [-0.39, 0.29) is 5.91 Å². The van der Waals surface area contributed by atoms with Gasteiger partial charge in [0, 0.05) is 12.6 Å². The highest BCUT2D eigenvalue weighted by Gasteiger charge is 2.15. The van der Waals surface area contributed by atoms with E-state index in [1.54, 1.807) is 13.0 Å². The smallest absolute Gasteiger partial charge is 0.331 e. The van der Waals surface area contributed by atoms with Crippen molar-refractivity contribution < 1.29 is 19.1 Å². The van der Waals surface area contributed by atoms with Crippen molar-refractivity contribution in [1.29, 1.82) is 0 Å². The molecule has 2 aromatic carbocycles. The lowest BCUT2D eigenvalue weighted by molar-refractivity contribution is -0.150. The van der Waals surface area contributed by atoms with Crippen molar-refractivity contribution in [2.45, 2.75) is 26.4 Å². The Labute approximate surface area is 160 Å². The molecule has 1 N–H and O–H groups in total. The maximum atomic E-state index is 12.0. The third-order valence-corrected chi connectivity index (χ3v) is 3.82. The molecule has 0 saturated heterocycles. The van der Waals surface area contributed by atoms with Crippen LogP contribution in [0.2, 0.25) is 0 Å². The molecule has 142 valence electrons. The number of amides is 1. The lowest BCUT2D eigenvalue weighted by Gasteiger charge is -2.12. The molecule has 0 aromatic heterocycles. The Morgan fingerprint density at radius 3 is 2.44 bits per heavy atom. The van der Waals surface area contributed by atoms with Crippen molar-refractivity contribution in [3.05, 3.63) is 71.8 Å². The largest absolute Gasteiger partial charge is 0.494 e. The summed E-state index contributed by atoms with van der Waals surface area (Å²) < 4.78 is 10.5. The van der Waals surface area contributed by atoms with Gasteiger partial charge < -0.3 is 14.8 Å². The fourth-order valence-electron chi connectivity index (χ4n) is 2.39. The summed E-state index contributed by atoms with van der Waals surface area (Å²) in [5, 5.41) is 2.77. The molecule has 5 heteroatoms. The molecule has 1 atom stereocenters. The van der Waals surface area contributed by atoms with Crippen molar-refractivity contribution in [3.8, 4) is 5.75 Å². The first-order valence-electron chi connectivity index (χ1n) is 9.01. The third-order valence-electron chi connectivity index (χ3n) is 3.82. The van der Waals surface area contributed by atoms with Gasteiger partial charge in [0.05, 0.1) is 6.61 Å². The third kappa shape index (κ3) is 7.36. The number of carbonyl (C=O) groups is 2. The van der Waals surface area contributed by atoms with E-state index in [2.05, 4.69) is 5.32 Å². The van der Waals surface area contributed by atoms with Crippen LogP contribution in [-0.2, 0) is 20.7 Å². The zero-order valence-corrected chi connectivity index (χ0v) is 15.7. The molecule has 0 aliphatic rings. The Morgan fingerprint density at radius 1 is 1.07 bits per heavy atom. The molecule has 0 radical (unpaired) electrons. The summed E-state index contributed by atoms with van der Waals surface area (Å²) in [4.78, 5) is 23.9. The molecule has 27 heavy (non-hydrogen) atoms. The maximum Gasteiger partial charge on any atom is 0.331 e. The summed E-state index contributed by atoms with van der Waals surface area (Å²) in [6.07, 6.45) is 2.82. The molecule has 2 aromatic rings. The average Bonchev–Trinajstić information content (AvgIpc) is 2.68. The first-order valence-corrected chi connectivity index (χ1v) is 9.01. The van der Waals surface area contributed by atoms with Gasteiger partial charge in [-0.2, -0.15) is 0 Å². The molecular formula is C22H25NO4. The number of rotatable bonds is 9. The highest BCUT2D eigenvalue weighted by atomic mass is 16.5. The van der Waals surface area contributed by atoms with Crippen LogP contribution >= 0.6 is 0 Å². The molecule has 0 saturated carbocycles. The van der Waals surface area contributed by atoms with Crippen LogP contribution in [0.15, 0.2) is 60.7 Å². The van der Waals surface area contributed by atoms with Crippen molar-refractivity contribution in [3.63, 3.8) is 0 Å². The molecule has 1 amide bonds. The summed E-state index contributed by atoms with van der Waals surface area (Å²) >= 11 is 0. The van der Waals surface area contributed by atoms with E-state index in [0.29, 0.717) is 13.2 Å². The summed E-state index contributed by atoms with van der Waals surface area (Å²) in [5.41, 5.74) is 1.98. The average molecular weight is 367 g/mol. The van der Waals surface area contributed by atoms with Gasteiger partial charge in [-0.05, 0) is 49.6 Å². The maximum absolute atomic E-state index is 12.0. The number of nitrogens with one attached hydrogen (secondary N) is 1. The zero-order chi connectivity index (χ0) is 19.5. The predicted molar refractivity (Wildman–Crippen MR) is 105 cm³/mol. The van der Waals surface area contributed by atoms with Gasteiger partial charge >= 0.3 is 5.97 Å². The van der Waals surface area contributed by atoms with Crippen LogP contribution < -0.4 is 10.1 Å². The highest BCUT2D eigenvalue weighted by molar-refractivity contribution is 5.90. The number of hydrogen-bond donors (Lipinski definition) is 1.